The van der Waals surface area contributed by atoms with Crippen molar-refractivity contribution in [3.63, 3.8) is 0 Å². The monoisotopic (exact) mass is 281 g/mol. The van der Waals surface area contributed by atoms with E-state index in [2.05, 4.69) is 5.32 Å². The number of nitrogens with one attached hydrogen (secondary N) is 1. The van der Waals surface area contributed by atoms with Crippen LogP contribution in [0.25, 0.3) is 0 Å². The number of nitrogens with two attached hydrogens (primary N) is 1. The van der Waals surface area contributed by atoms with Crippen LogP contribution in [0.4, 0.5) is 10.1 Å². The number of nitro benzene ring substituents is 1. The van der Waals surface area contributed by atoms with Gasteiger partial charge in [0.1, 0.15) is 5.82 Å². The molecule has 1 aliphatic carbocycles. The van der Waals surface area contributed by atoms with E-state index in [1.807, 2.05) is 0 Å². The number of non-ortho nitro benzene ring substituents is 1. The first kappa shape index (κ1) is 14.4. The number of nitro groups is 1. The summed E-state index contributed by atoms with van der Waals surface area (Å²) in [6, 6.07) is 2.53. The van der Waals surface area contributed by atoms with E-state index in [0.29, 0.717) is 0 Å². The predicted octanol–water partition coefficient (Wildman–Crippen LogP) is 1.73. The van der Waals surface area contributed by atoms with Gasteiger partial charge in [0.25, 0.3) is 11.6 Å². The first-order chi connectivity index (χ1) is 9.47. The molecule has 2 rings (SSSR count). The Balaban J connectivity index is 2.14. The van der Waals surface area contributed by atoms with Crippen molar-refractivity contribution >= 4 is 11.6 Å². The molecule has 6 nitrogen and oxygen atoms in total. The Bertz CT molecular complexity index is 536. The molecule has 0 saturated heterocycles. The second kappa shape index (κ2) is 5.96. The molecule has 1 aromatic carbocycles. The summed E-state index contributed by atoms with van der Waals surface area (Å²) in [4.78, 5) is 22.0. The maximum atomic E-state index is 13.3. The Hall–Kier alpha value is -2.02. The third-order valence-electron chi connectivity index (χ3n) is 3.49. The zero-order chi connectivity index (χ0) is 14.7. The van der Waals surface area contributed by atoms with Gasteiger partial charge >= 0.3 is 0 Å². The average molecular weight is 281 g/mol. The number of carbonyl (C=O) groups excluding carboxylic acids is 1. The minimum absolute atomic E-state index is 0.0607. The summed E-state index contributed by atoms with van der Waals surface area (Å²) in [6.45, 7) is 0. The van der Waals surface area contributed by atoms with Crippen LogP contribution >= 0.6 is 0 Å². The van der Waals surface area contributed by atoms with Crippen LogP contribution in [-0.4, -0.2) is 22.9 Å². The molecule has 0 aliphatic heterocycles. The molecule has 0 unspecified atom stereocenters. The van der Waals surface area contributed by atoms with Crippen LogP contribution in [0.5, 0.6) is 0 Å². The molecule has 0 spiro atoms. The molecule has 1 aliphatic rings. The van der Waals surface area contributed by atoms with Gasteiger partial charge in [-0.3, -0.25) is 14.9 Å². The second-order valence-electron chi connectivity index (χ2n) is 4.98. The van der Waals surface area contributed by atoms with Crippen LogP contribution < -0.4 is 11.1 Å². The van der Waals surface area contributed by atoms with E-state index in [1.165, 1.54) is 0 Å². The average Bonchev–Trinajstić information content (AvgIpc) is 2.40. The fraction of sp³-hybridized carbons (Fsp3) is 0.462. The van der Waals surface area contributed by atoms with E-state index in [0.717, 1.165) is 43.9 Å². The SMILES string of the molecule is N[C@@H]1CCCC[C@H]1NC(=O)c1cc(F)cc([N+](=O)[O-])c1. The molecule has 7 heteroatoms. The van der Waals surface area contributed by atoms with E-state index >= 15 is 0 Å². The Morgan fingerprint density at radius 2 is 2.05 bits per heavy atom. The maximum absolute atomic E-state index is 13.3. The summed E-state index contributed by atoms with van der Waals surface area (Å²) in [5.74, 6) is -1.34. The van der Waals surface area contributed by atoms with Crippen LogP contribution in [0, 0.1) is 15.9 Å². The van der Waals surface area contributed by atoms with Crippen LogP contribution in [0.15, 0.2) is 18.2 Å². The summed E-state index contributed by atoms with van der Waals surface area (Å²) in [7, 11) is 0. The summed E-state index contributed by atoms with van der Waals surface area (Å²) < 4.78 is 13.3. The predicted molar refractivity (Wildman–Crippen MR) is 70.8 cm³/mol. The molecular weight excluding hydrogens is 265 g/mol. The van der Waals surface area contributed by atoms with Crippen LogP contribution in [-0.2, 0) is 0 Å². The van der Waals surface area contributed by atoms with Crippen molar-refractivity contribution in [2.45, 2.75) is 37.8 Å². The van der Waals surface area contributed by atoms with E-state index in [9.17, 15) is 19.3 Å². The highest BCUT2D eigenvalue weighted by Gasteiger charge is 2.24. The molecular formula is C13H16FN3O3. The van der Waals surface area contributed by atoms with Crippen LogP contribution in [0.2, 0.25) is 0 Å². The molecule has 0 bridgehead atoms. The number of hydrogen-bond acceptors (Lipinski definition) is 4. The van der Waals surface area contributed by atoms with Crippen LogP contribution in [0.3, 0.4) is 0 Å². The third kappa shape index (κ3) is 3.30. The number of hydrogen-bond donors (Lipinski definition) is 2. The van der Waals surface area contributed by atoms with Gasteiger partial charge in [0, 0.05) is 23.7 Å². The standard InChI is InChI=1S/C13H16FN3O3/c14-9-5-8(6-10(7-9)17(19)20)13(18)16-12-4-2-1-3-11(12)15/h5-7,11-12H,1-4,15H2,(H,16,18)/t11-,12-/m1/s1. The fourth-order valence-corrected chi connectivity index (χ4v) is 2.40. The molecule has 1 fully saturated rings. The van der Waals surface area contributed by atoms with Crippen molar-refractivity contribution in [1.29, 1.82) is 0 Å². The molecule has 3 N–H and O–H groups in total. The molecule has 0 heterocycles. The normalized spacial score (nSPS) is 22.3. The number of benzene rings is 1. The lowest BCUT2D eigenvalue weighted by molar-refractivity contribution is -0.385. The van der Waals surface area contributed by atoms with Gasteiger partial charge in [0.2, 0.25) is 0 Å². The molecule has 1 saturated carbocycles. The molecule has 0 radical (unpaired) electrons. The third-order valence-corrected chi connectivity index (χ3v) is 3.49. The minimum Gasteiger partial charge on any atom is -0.348 e. The van der Waals surface area contributed by atoms with E-state index in [-0.39, 0.29) is 17.6 Å². The van der Waals surface area contributed by atoms with Crippen molar-refractivity contribution in [2.75, 3.05) is 0 Å². The van der Waals surface area contributed by atoms with E-state index in [1.54, 1.807) is 0 Å². The van der Waals surface area contributed by atoms with Gasteiger partial charge in [-0.05, 0) is 18.9 Å². The van der Waals surface area contributed by atoms with E-state index in [4.69, 9.17) is 5.73 Å². The minimum atomic E-state index is -0.808. The molecule has 20 heavy (non-hydrogen) atoms. The molecule has 0 aromatic heterocycles. The first-order valence-corrected chi connectivity index (χ1v) is 6.49. The van der Waals surface area contributed by atoms with Gasteiger partial charge in [-0.1, -0.05) is 12.8 Å². The fourth-order valence-electron chi connectivity index (χ4n) is 2.40. The number of amides is 1. The lowest BCUT2D eigenvalue weighted by Crippen LogP contribution is -2.49. The van der Waals surface area contributed by atoms with Gasteiger partial charge in [0.05, 0.1) is 11.0 Å². The van der Waals surface area contributed by atoms with Gasteiger partial charge in [-0.2, -0.15) is 0 Å². The van der Waals surface area contributed by atoms with Gasteiger partial charge in [-0.15, -0.1) is 0 Å². The number of halogens is 1. The van der Waals surface area contributed by atoms with Crippen molar-refractivity contribution in [3.05, 3.63) is 39.7 Å². The van der Waals surface area contributed by atoms with Crippen molar-refractivity contribution in [3.8, 4) is 0 Å². The van der Waals surface area contributed by atoms with Gasteiger partial charge in [-0.25, -0.2) is 4.39 Å². The summed E-state index contributed by atoms with van der Waals surface area (Å²) in [5, 5.41) is 13.4. The quantitative estimate of drug-likeness (QED) is 0.651. The molecule has 2 atom stereocenters. The van der Waals surface area contributed by atoms with Crippen molar-refractivity contribution in [1.82, 2.24) is 5.32 Å². The van der Waals surface area contributed by atoms with E-state index < -0.39 is 22.3 Å². The van der Waals surface area contributed by atoms with Crippen LogP contribution in [0.1, 0.15) is 36.0 Å². The lowest BCUT2D eigenvalue weighted by Gasteiger charge is -2.29. The lowest BCUT2D eigenvalue weighted by atomic mass is 9.91. The summed E-state index contributed by atoms with van der Waals surface area (Å²) in [6.07, 6.45) is 3.60. The topological polar surface area (TPSA) is 98.3 Å². The zero-order valence-electron chi connectivity index (χ0n) is 10.8. The maximum Gasteiger partial charge on any atom is 0.273 e. The summed E-state index contributed by atoms with van der Waals surface area (Å²) >= 11 is 0. The van der Waals surface area contributed by atoms with Gasteiger partial charge in [0.15, 0.2) is 0 Å². The Morgan fingerprint density at radius 1 is 1.35 bits per heavy atom. The smallest absolute Gasteiger partial charge is 0.273 e. The molecule has 108 valence electrons. The zero-order valence-corrected chi connectivity index (χ0v) is 10.8. The second-order valence-corrected chi connectivity index (χ2v) is 4.98. The number of nitrogens with zero attached hydrogens (tertiary/aromatic N) is 1. The highest BCUT2D eigenvalue weighted by atomic mass is 19.1. The van der Waals surface area contributed by atoms with Crippen molar-refractivity contribution < 1.29 is 14.1 Å². The molecule has 1 amide bonds. The highest BCUT2D eigenvalue weighted by Crippen LogP contribution is 2.19. The highest BCUT2D eigenvalue weighted by molar-refractivity contribution is 5.95. The Kier molecular flexibility index (Phi) is 4.29. The summed E-state index contributed by atoms with van der Waals surface area (Å²) in [5.41, 5.74) is 5.41. The number of rotatable bonds is 3. The molecule has 1 aromatic rings. The Morgan fingerprint density at radius 3 is 2.70 bits per heavy atom. The Labute approximate surface area is 115 Å². The first-order valence-electron chi connectivity index (χ1n) is 6.49. The largest absolute Gasteiger partial charge is 0.348 e. The van der Waals surface area contributed by atoms with Crippen molar-refractivity contribution in [2.24, 2.45) is 5.73 Å². The van der Waals surface area contributed by atoms with Gasteiger partial charge < -0.3 is 11.1 Å². The number of carbonyl (C=O) groups is 1.